The van der Waals surface area contributed by atoms with E-state index >= 15 is 0 Å². The average molecular weight is 358 g/mol. The molecule has 2 aliphatic rings. The Morgan fingerprint density at radius 1 is 1.15 bits per heavy atom. The lowest BCUT2D eigenvalue weighted by Gasteiger charge is -2.44. The fourth-order valence-electron chi connectivity index (χ4n) is 4.16. The highest BCUT2D eigenvalue weighted by Gasteiger charge is 2.44. The number of rotatable bonds is 3. The Balaban J connectivity index is 1.62. The summed E-state index contributed by atoms with van der Waals surface area (Å²) in [4.78, 5) is 30.9. The van der Waals surface area contributed by atoms with Crippen molar-refractivity contribution < 1.29 is 9.59 Å². The Morgan fingerprint density at radius 2 is 1.88 bits per heavy atom. The molecule has 0 saturated carbocycles. The lowest BCUT2D eigenvalue weighted by molar-refractivity contribution is 0.0825. The lowest BCUT2D eigenvalue weighted by Crippen LogP contribution is -2.55. The summed E-state index contributed by atoms with van der Waals surface area (Å²) in [5.74, 6) is -0.0250. The van der Waals surface area contributed by atoms with Crippen molar-refractivity contribution in [1.82, 2.24) is 20.0 Å². The molecule has 2 aliphatic heterocycles. The van der Waals surface area contributed by atoms with E-state index < -0.39 is 0 Å². The second kappa shape index (κ2) is 7.66. The summed E-state index contributed by atoms with van der Waals surface area (Å²) in [5, 5.41) is 3.07. The second-order valence-electron chi connectivity index (χ2n) is 7.84. The maximum absolute atomic E-state index is 12.8. The second-order valence-corrected chi connectivity index (χ2v) is 7.84. The quantitative estimate of drug-likeness (QED) is 0.901. The van der Waals surface area contributed by atoms with Crippen LogP contribution in [0.25, 0.3) is 0 Å². The van der Waals surface area contributed by atoms with Crippen molar-refractivity contribution in [3.8, 4) is 0 Å². The third-order valence-electron chi connectivity index (χ3n) is 5.78. The Hall–Kier alpha value is -2.08. The molecular formula is C20H30N4O2. The van der Waals surface area contributed by atoms with Crippen LogP contribution in [0, 0.1) is 0 Å². The number of hydrogen-bond donors (Lipinski definition) is 1. The van der Waals surface area contributed by atoms with Gasteiger partial charge in [0.05, 0.1) is 0 Å². The van der Waals surface area contributed by atoms with E-state index in [0.717, 1.165) is 50.9 Å². The fraction of sp³-hybridized carbons (Fsp3) is 0.600. The van der Waals surface area contributed by atoms with Gasteiger partial charge in [-0.1, -0.05) is 12.1 Å². The first kappa shape index (κ1) is 18.7. The van der Waals surface area contributed by atoms with Gasteiger partial charge in [0.2, 0.25) is 0 Å². The first-order valence-electron chi connectivity index (χ1n) is 9.46. The summed E-state index contributed by atoms with van der Waals surface area (Å²) in [5.41, 5.74) is 1.64. The van der Waals surface area contributed by atoms with Crippen molar-refractivity contribution in [3.63, 3.8) is 0 Å². The number of likely N-dealkylation sites (tertiary alicyclic amines) is 2. The largest absolute Gasteiger partial charge is 0.345 e. The van der Waals surface area contributed by atoms with Crippen LogP contribution in [0.4, 0.5) is 4.79 Å². The topological polar surface area (TPSA) is 55.9 Å². The van der Waals surface area contributed by atoms with Crippen molar-refractivity contribution in [2.24, 2.45) is 0 Å². The molecule has 0 unspecified atom stereocenters. The van der Waals surface area contributed by atoms with Crippen LogP contribution in [0.3, 0.4) is 0 Å². The van der Waals surface area contributed by atoms with Gasteiger partial charge in [0.15, 0.2) is 0 Å². The van der Waals surface area contributed by atoms with Crippen LogP contribution in [0.1, 0.15) is 41.6 Å². The average Bonchev–Trinajstić information content (AvgIpc) is 3.05. The van der Waals surface area contributed by atoms with E-state index in [2.05, 4.69) is 22.2 Å². The number of urea groups is 1. The van der Waals surface area contributed by atoms with E-state index in [-0.39, 0.29) is 17.5 Å². The molecular weight excluding hydrogens is 328 g/mol. The van der Waals surface area contributed by atoms with Gasteiger partial charge in [-0.2, -0.15) is 0 Å². The lowest BCUT2D eigenvalue weighted by atomic mass is 9.85. The molecule has 3 rings (SSSR count). The van der Waals surface area contributed by atoms with Gasteiger partial charge in [-0.05, 0) is 50.4 Å². The van der Waals surface area contributed by atoms with Crippen molar-refractivity contribution >= 4 is 11.9 Å². The first-order chi connectivity index (χ1) is 12.4. The third-order valence-corrected chi connectivity index (χ3v) is 5.78. The molecule has 1 aromatic carbocycles. The molecule has 1 N–H and O–H groups in total. The van der Waals surface area contributed by atoms with Gasteiger partial charge in [0, 0.05) is 51.4 Å². The maximum Gasteiger partial charge on any atom is 0.318 e. The molecule has 1 aromatic rings. The number of carbonyl (C=O) groups excluding carboxylic acids is 2. The molecule has 0 bridgehead atoms. The molecule has 0 aliphatic carbocycles. The minimum Gasteiger partial charge on any atom is -0.345 e. The first-order valence-corrected chi connectivity index (χ1v) is 9.46. The number of carbonyl (C=O) groups is 2. The predicted molar refractivity (Wildman–Crippen MR) is 102 cm³/mol. The predicted octanol–water partition coefficient (Wildman–Crippen LogP) is 2.16. The van der Waals surface area contributed by atoms with Crippen LogP contribution in [0.15, 0.2) is 24.3 Å². The van der Waals surface area contributed by atoms with E-state index in [9.17, 15) is 9.59 Å². The van der Waals surface area contributed by atoms with Gasteiger partial charge in [-0.3, -0.25) is 4.79 Å². The molecule has 0 radical (unpaired) electrons. The Morgan fingerprint density at radius 3 is 2.58 bits per heavy atom. The molecule has 2 fully saturated rings. The zero-order chi connectivity index (χ0) is 18.7. The van der Waals surface area contributed by atoms with Gasteiger partial charge < -0.3 is 20.0 Å². The molecule has 0 aromatic heterocycles. The number of nitrogens with zero attached hydrogens (tertiary/aromatic N) is 3. The van der Waals surface area contributed by atoms with Gasteiger partial charge >= 0.3 is 6.03 Å². The van der Waals surface area contributed by atoms with Gasteiger partial charge in [-0.15, -0.1) is 0 Å². The zero-order valence-electron chi connectivity index (χ0n) is 16.1. The van der Waals surface area contributed by atoms with Crippen LogP contribution in [-0.4, -0.2) is 73.0 Å². The van der Waals surface area contributed by atoms with Crippen molar-refractivity contribution in [2.45, 2.75) is 37.8 Å². The van der Waals surface area contributed by atoms with Gasteiger partial charge in [-0.25, -0.2) is 4.79 Å². The summed E-state index contributed by atoms with van der Waals surface area (Å²) in [6, 6.07) is 7.50. The number of nitrogens with one attached hydrogen (secondary N) is 1. The molecule has 2 saturated heterocycles. The summed E-state index contributed by atoms with van der Waals surface area (Å²) in [7, 11) is 5.63. The molecule has 2 heterocycles. The van der Waals surface area contributed by atoms with E-state index in [0.29, 0.717) is 12.1 Å². The van der Waals surface area contributed by atoms with Gasteiger partial charge in [0.25, 0.3) is 5.91 Å². The highest BCUT2D eigenvalue weighted by Crippen LogP contribution is 2.38. The smallest absolute Gasteiger partial charge is 0.318 e. The van der Waals surface area contributed by atoms with Gasteiger partial charge in [0.1, 0.15) is 0 Å². The fourth-order valence-corrected chi connectivity index (χ4v) is 4.16. The van der Waals surface area contributed by atoms with Crippen LogP contribution < -0.4 is 5.32 Å². The third kappa shape index (κ3) is 3.85. The minimum absolute atomic E-state index is 0.0244. The minimum atomic E-state index is -0.0250. The molecule has 6 nitrogen and oxygen atoms in total. The standard InChI is InChI=1S/C20H30N4O2/c1-22(2)18(25)17-7-4-6-16(14-17)15-21-19(26)24-11-5-8-20(24)9-12-23(3)13-10-20/h4,6-7,14H,5,8-13,15H2,1-3H3,(H,21,26). The molecule has 0 atom stereocenters. The normalized spacial score (nSPS) is 19.6. The van der Waals surface area contributed by atoms with Crippen LogP contribution in [0.5, 0.6) is 0 Å². The Bertz CT molecular complexity index is 666. The summed E-state index contributed by atoms with van der Waals surface area (Å²) < 4.78 is 0. The monoisotopic (exact) mass is 358 g/mol. The number of benzene rings is 1. The zero-order valence-corrected chi connectivity index (χ0v) is 16.1. The highest BCUT2D eigenvalue weighted by molar-refractivity contribution is 5.94. The Kier molecular flexibility index (Phi) is 5.51. The molecule has 6 heteroatoms. The number of piperidine rings is 1. The SMILES string of the molecule is CN1CCC2(CCCN2C(=O)NCc2cccc(C(=O)N(C)C)c2)CC1. The van der Waals surface area contributed by atoms with Crippen molar-refractivity contribution in [1.29, 1.82) is 0 Å². The maximum atomic E-state index is 12.8. The van der Waals surface area contributed by atoms with Crippen LogP contribution in [-0.2, 0) is 6.54 Å². The number of amides is 3. The summed E-state index contributed by atoms with van der Waals surface area (Å²) in [6.07, 6.45) is 4.32. The van der Waals surface area contributed by atoms with Crippen molar-refractivity contribution in [3.05, 3.63) is 35.4 Å². The molecule has 142 valence electrons. The van der Waals surface area contributed by atoms with Crippen LogP contribution >= 0.6 is 0 Å². The highest BCUT2D eigenvalue weighted by atomic mass is 16.2. The Labute approximate surface area is 156 Å². The molecule has 26 heavy (non-hydrogen) atoms. The van der Waals surface area contributed by atoms with E-state index in [1.807, 2.05) is 24.3 Å². The number of hydrogen-bond acceptors (Lipinski definition) is 3. The van der Waals surface area contributed by atoms with E-state index in [1.54, 1.807) is 19.0 Å². The van der Waals surface area contributed by atoms with Crippen molar-refractivity contribution in [2.75, 3.05) is 40.8 Å². The van der Waals surface area contributed by atoms with E-state index in [4.69, 9.17) is 0 Å². The molecule has 3 amide bonds. The van der Waals surface area contributed by atoms with Crippen LogP contribution in [0.2, 0.25) is 0 Å². The van der Waals surface area contributed by atoms with E-state index in [1.165, 1.54) is 0 Å². The summed E-state index contributed by atoms with van der Waals surface area (Å²) >= 11 is 0. The molecule has 1 spiro atoms. The summed E-state index contributed by atoms with van der Waals surface area (Å²) in [6.45, 7) is 3.39.